The van der Waals surface area contributed by atoms with Crippen molar-refractivity contribution in [1.82, 2.24) is 0 Å². The molecular weight excluding hydrogens is 344 g/mol. The molecule has 0 N–H and O–H groups in total. The van der Waals surface area contributed by atoms with E-state index in [9.17, 15) is 0 Å². The highest BCUT2D eigenvalue weighted by molar-refractivity contribution is 9.08. The Morgan fingerprint density at radius 1 is 1.45 bits per heavy atom. The molecule has 3 nitrogen and oxygen atoms in total. The smallest absolute Gasteiger partial charge is 0.165 e. The van der Waals surface area contributed by atoms with E-state index in [-0.39, 0.29) is 11.7 Å². The SMILES string of the molecule is COc1cc(Cl)cc(CBr)c1OCC1CCC(C)(C)O1. The van der Waals surface area contributed by atoms with E-state index in [4.69, 9.17) is 25.8 Å². The fraction of sp³-hybridized carbons (Fsp3) is 0.600. The Hall–Kier alpha value is -0.450. The minimum Gasteiger partial charge on any atom is -0.493 e. The summed E-state index contributed by atoms with van der Waals surface area (Å²) in [7, 11) is 1.62. The second kappa shape index (κ2) is 6.54. The molecule has 0 spiro atoms. The molecule has 1 aliphatic heterocycles. The van der Waals surface area contributed by atoms with Crippen molar-refractivity contribution in [2.24, 2.45) is 0 Å². The summed E-state index contributed by atoms with van der Waals surface area (Å²) in [5.74, 6) is 1.39. The number of methoxy groups -OCH3 is 1. The fourth-order valence-corrected chi connectivity index (χ4v) is 3.06. The molecule has 1 atom stereocenters. The third-order valence-corrected chi connectivity index (χ3v) is 4.25. The molecule has 0 bridgehead atoms. The van der Waals surface area contributed by atoms with Gasteiger partial charge < -0.3 is 14.2 Å². The Balaban J connectivity index is 2.09. The third-order valence-electron chi connectivity index (χ3n) is 3.43. The van der Waals surface area contributed by atoms with Gasteiger partial charge in [-0.25, -0.2) is 0 Å². The van der Waals surface area contributed by atoms with E-state index in [0.717, 1.165) is 24.2 Å². The maximum atomic E-state index is 6.06. The first kappa shape index (κ1) is 15.9. The summed E-state index contributed by atoms with van der Waals surface area (Å²) in [5, 5.41) is 1.30. The Morgan fingerprint density at radius 2 is 2.20 bits per heavy atom. The van der Waals surface area contributed by atoms with Gasteiger partial charge in [-0.3, -0.25) is 0 Å². The van der Waals surface area contributed by atoms with E-state index in [1.54, 1.807) is 13.2 Å². The Labute approximate surface area is 133 Å². The van der Waals surface area contributed by atoms with E-state index in [2.05, 4.69) is 29.8 Å². The number of hydrogen-bond donors (Lipinski definition) is 0. The van der Waals surface area contributed by atoms with E-state index in [1.807, 2.05) is 6.07 Å². The molecule has 0 saturated carbocycles. The number of rotatable bonds is 5. The number of benzene rings is 1. The lowest BCUT2D eigenvalue weighted by molar-refractivity contribution is -0.0329. The predicted octanol–water partition coefficient (Wildman–Crippen LogP) is 4.58. The van der Waals surface area contributed by atoms with E-state index < -0.39 is 0 Å². The van der Waals surface area contributed by atoms with Crippen LogP contribution in [0.1, 0.15) is 32.3 Å². The quantitative estimate of drug-likeness (QED) is 0.717. The van der Waals surface area contributed by atoms with Crippen LogP contribution in [0.2, 0.25) is 5.02 Å². The maximum Gasteiger partial charge on any atom is 0.165 e. The van der Waals surface area contributed by atoms with Crippen molar-refractivity contribution < 1.29 is 14.2 Å². The molecule has 0 aliphatic carbocycles. The molecule has 0 radical (unpaired) electrons. The zero-order valence-corrected chi connectivity index (χ0v) is 14.4. The zero-order valence-electron chi connectivity index (χ0n) is 12.0. The molecule has 1 aromatic carbocycles. The lowest BCUT2D eigenvalue weighted by Crippen LogP contribution is -2.24. The van der Waals surface area contributed by atoms with Crippen LogP contribution in [-0.4, -0.2) is 25.4 Å². The second-order valence-corrected chi connectivity index (χ2v) is 6.58. The summed E-state index contributed by atoms with van der Waals surface area (Å²) in [5.41, 5.74) is 0.933. The largest absolute Gasteiger partial charge is 0.493 e. The monoisotopic (exact) mass is 362 g/mol. The number of alkyl halides is 1. The Bertz CT molecular complexity index is 451. The highest BCUT2D eigenvalue weighted by Gasteiger charge is 2.32. The summed E-state index contributed by atoms with van der Waals surface area (Å²) in [4.78, 5) is 0. The minimum absolute atomic E-state index is 0.0453. The van der Waals surface area contributed by atoms with Crippen LogP contribution in [-0.2, 0) is 10.1 Å². The van der Waals surface area contributed by atoms with Gasteiger partial charge in [-0.15, -0.1) is 0 Å². The molecule has 1 unspecified atom stereocenters. The van der Waals surface area contributed by atoms with Crippen LogP contribution < -0.4 is 9.47 Å². The van der Waals surface area contributed by atoms with Crippen LogP contribution in [0, 0.1) is 0 Å². The number of ether oxygens (including phenoxy) is 3. The van der Waals surface area contributed by atoms with Gasteiger partial charge >= 0.3 is 0 Å². The topological polar surface area (TPSA) is 27.7 Å². The van der Waals surface area contributed by atoms with Crippen LogP contribution in [0.4, 0.5) is 0 Å². The summed E-state index contributed by atoms with van der Waals surface area (Å²) in [6.45, 7) is 4.75. The summed E-state index contributed by atoms with van der Waals surface area (Å²) in [6.07, 6.45) is 2.21. The first-order valence-electron chi connectivity index (χ1n) is 6.68. The third kappa shape index (κ3) is 3.80. The molecule has 1 aromatic rings. The van der Waals surface area contributed by atoms with Crippen molar-refractivity contribution in [3.8, 4) is 11.5 Å². The zero-order chi connectivity index (χ0) is 14.8. The Morgan fingerprint density at radius 3 is 2.75 bits per heavy atom. The molecule has 112 valence electrons. The number of halogens is 2. The van der Waals surface area contributed by atoms with Gasteiger partial charge in [-0.1, -0.05) is 27.5 Å². The van der Waals surface area contributed by atoms with Gasteiger partial charge in [0.15, 0.2) is 11.5 Å². The van der Waals surface area contributed by atoms with E-state index in [1.165, 1.54) is 0 Å². The van der Waals surface area contributed by atoms with Crippen LogP contribution in [0.5, 0.6) is 11.5 Å². The van der Waals surface area contributed by atoms with Gasteiger partial charge in [-0.2, -0.15) is 0 Å². The first-order valence-corrected chi connectivity index (χ1v) is 8.18. The second-order valence-electron chi connectivity index (χ2n) is 5.58. The van der Waals surface area contributed by atoms with E-state index >= 15 is 0 Å². The molecule has 20 heavy (non-hydrogen) atoms. The lowest BCUT2D eigenvalue weighted by atomic mass is 10.1. The average Bonchev–Trinajstić information content (AvgIpc) is 2.75. The normalized spacial score (nSPS) is 20.9. The lowest BCUT2D eigenvalue weighted by Gasteiger charge is -2.20. The van der Waals surface area contributed by atoms with Crippen molar-refractivity contribution in [3.05, 3.63) is 22.7 Å². The molecule has 2 rings (SSSR count). The van der Waals surface area contributed by atoms with Crippen molar-refractivity contribution in [3.63, 3.8) is 0 Å². The van der Waals surface area contributed by atoms with Crippen LogP contribution in [0.25, 0.3) is 0 Å². The average molecular weight is 364 g/mol. The van der Waals surface area contributed by atoms with Crippen molar-refractivity contribution in [2.45, 2.75) is 43.7 Å². The van der Waals surface area contributed by atoms with Crippen LogP contribution >= 0.6 is 27.5 Å². The van der Waals surface area contributed by atoms with Gasteiger partial charge in [0.25, 0.3) is 0 Å². The maximum absolute atomic E-state index is 6.06. The fourth-order valence-electron chi connectivity index (χ4n) is 2.41. The molecule has 5 heteroatoms. The van der Waals surface area contributed by atoms with E-state index in [0.29, 0.717) is 22.7 Å². The van der Waals surface area contributed by atoms with Gasteiger partial charge in [-0.05, 0) is 32.8 Å². The molecule has 1 saturated heterocycles. The molecule has 1 fully saturated rings. The Kier molecular flexibility index (Phi) is 5.21. The minimum atomic E-state index is -0.0453. The summed E-state index contributed by atoms with van der Waals surface area (Å²) in [6, 6.07) is 3.65. The standard InChI is InChI=1S/C15H20BrClO3/c1-15(2)5-4-12(20-15)9-19-14-10(8-16)6-11(17)7-13(14)18-3/h6-7,12H,4-5,8-9H2,1-3H3. The van der Waals surface area contributed by atoms with Crippen molar-refractivity contribution >= 4 is 27.5 Å². The summed E-state index contributed by atoms with van der Waals surface area (Å²) >= 11 is 9.52. The van der Waals surface area contributed by atoms with Gasteiger partial charge in [0.2, 0.25) is 0 Å². The highest BCUT2D eigenvalue weighted by Crippen LogP contribution is 2.37. The highest BCUT2D eigenvalue weighted by atomic mass is 79.9. The van der Waals surface area contributed by atoms with Crippen LogP contribution in [0.15, 0.2) is 12.1 Å². The van der Waals surface area contributed by atoms with Crippen molar-refractivity contribution in [1.29, 1.82) is 0 Å². The molecule has 1 heterocycles. The predicted molar refractivity (Wildman–Crippen MR) is 84.3 cm³/mol. The first-order chi connectivity index (χ1) is 9.45. The van der Waals surface area contributed by atoms with Gasteiger partial charge in [0.1, 0.15) is 6.61 Å². The van der Waals surface area contributed by atoms with Crippen LogP contribution in [0.3, 0.4) is 0 Å². The molecule has 1 aliphatic rings. The van der Waals surface area contributed by atoms with Crippen molar-refractivity contribution in [2.75, 3.05) is 13.7 Å². The molecule has 0 amide bonds. The molecule has 0 aromatic heterocycles. The van der Waals surface area contributed by atoms with Gasteiger partial charge in [0, 0.05) is 22.0 Å². The van der Waals surface area contributed by atoms with Gasteiger partial charge in [0.05, 0.1) is 18.8 Å². The summed E-state index contributed by atoms with van der Waals surface area (Å²) < 4.78 is 17.2. The number of hydrogen-bond acceptors (Lipinski definition) is 3. The molecular formula is C15H20BrClO3.